The number of aliphatic hydroxyl groups excluding tert-OH is 1. The van der Waals surface area contributed by atoms with Crippen molar-refractivity contribution in [2.75, 3.05) is 26.9 Å². The number of aromatic nitrogens is 2. The highest BCUT2D eigenvalue weighted by Crippen LogP contribution is 2.38. The van der Waals surface area contributed by atoms with Gasteiger partial charge >= 0.3 is 0 Å². The Labute approximate surface area is 254 Å². The summed E-state index contributed by atoms with van der Waals surface area (Å²) in [5.41, 5.74) is 3.01. The summed E-state index contributed by atoms with van der Waals surface area (Å²) in [7, 11) is 1.41. The number of nitrogens with zero attached hydrogens (tertiary/aromatic N) is 2. The van der Waals surface area contributed by atoms with Crippen LogP contribution in [0.4, 0.5) is 8.78 Å². The van der Waals surface area contributed by atoms with E-state index < -0.39 is 47.2 Å². The number of carbonyl (C=O) groups is 2. The predicted molar refractivity (Wildman–Crippen MR) is 156 cm³/mol. The number of aryl methyl sites for hydroxylation is 1. The Morgan fingerprint density at radius 1 is 1.07 bits per heavy atom. The number of hydrogen-bond acceptors (Lipinski definition) is 8. The van der Waals surface area contributed by atoms with Gasteiger partial charge in [-0.05, 0) is 44.2 Å². The van der Waals surface area contributed by atoms with Crippen molar-refractivity contribution in [3.05, 3.63) is 80.6 Å². The summed E-state index contributed by atoms with van der Waals surface area (Å²) in [6, 6.07) is 7.09. The SMILES string of the molecule is CCOc1c(C(N)=O)cc([C@](O)(CO)CNC(=O)c2cc(OC)c3nc(C)c(Cl)cc3c2)nc1-c1cc(Cl)c(F)cc1F. The van der Waals surface area contributed by atoms with Crippen molar-refractivity contribution in [3.63, 3.8) is 0 Å². The first-order chi connectivity index (χ1) is 20.3. The molecular weight excluding hydrogens is 609 g/mol. The third-order valence-electron chi connectivity index (χ3n) is 6.57. The Morgan fingerprint density at radius 3 is 2.42 bits per heavy atom. The lowest BCUT2D eigenvalue weighted by molar-refractivity contribution is -0.0204. The van der Waals surface area contributed by atoms with Gasteiger partial charge in [-0.1, -0.05) is 23.2 Å². The number of aliphatic hydroxyl groups is 2. The van der Waals surface area contributed by atoms with Gasteiger partial charge in [0.25, 0.3) is 11.8 Å². The van der Waals surface area contributed by atoms with Crippen molar-refractivity contribution in [1.29, 1.82) is 0 Å². The van der Waals surface area contributed by atoms with E-state index in [2.05, 4.69) is 15.3 Å². The normalized spacial score (nSPS) is 12.6. The molecule has 43 heavy (non-hydrogen) atoms. The lowest BCUT2D eigenvalue weighted by Crippen LogP contribution is -2.44. The molecule has 0 spiro atoms. The molecule has 0 fully saturated rings. The van der Waals surface area contributed by atoms with Crippen molar-refractivity contribution in [1.82, 2.24) is 15.3 Å². The highest BCUT2D eigenvalue weighted by Gasteiger charge is 2.35. The van der Waals surface area contributed by atoms with Crippen molar-refractivity contribution >= 4 is 45.9 Å². The number of rotatable bonds is 10. The molecule has 2 heterocycles. The van der Waals surface area contributed by atoms with Crippen LogP contribution in [0, 0.1) is 18.6 Å². The van der Waals surface area contributed by atoms with Gasteiger partial charge in [0.2, 0.25) is 0 Å². The minimum atomic E-state index is -2.32. The van der Waals surface area contributed by atoms with Gasteiger partial charge in [-0.25, -0.2) is 18.7 Å². The summed E-state index contributed by atoms with van der Waals surface area (Å²) in [6.45, 7) is 1.68. The maximum atomic E-state index is 14.9. The number of hydrogen-bond donors (Lipinski definition) is 4. The Morgan fingerprint density at radius 2 is 1.79 bits per heavy atom. The third kappa shape index (κ3) is 6.32. The molecule has 0 bridgehead atoms. The van der Waals surface area contributed by atoms with Crippen LogP contribution in [0.1, 0.15) is 39.0 Å². The lowest BCUT2D eigenvalue weighted by Gasteiger charge is -2.27. The van der Waals surface area contributed by atoms with E-state index in [0.717, 1.165) is 12.1 Å². The predicted octanol–water partition coefficient (Wildman–Crippen LogP) is 4.31. The molecule has 14 heteroatoms. The van der Waals surface area contributed by atoms with Crippen molar-refractivity contribution in [3.8, 4) is 22.8 Å². The summed E-state index contributed by atoms with van der Waals surface area (Å²) in [5.74, 6) is -3.81. The summed E-state index contributed by atoms with van der Waals surface area (Å²) >= 11 is 12.1. The fraction of sp³-hybridized carbons (Fsp3) is 0.241. The Balaban J connectivity index is 1.77. The average Bonchev–Trinajstić information content (AvgIpc) is 2.97. The van der Waals surface area contributed by atoms with E-state index >= 15 is 0 Å². The molecule has 4 rings (SSSR count). The quantitative estimate of drug-likeness (QED) is 0.188. The molecule has 0 aliphatic heterocycles. The number of amides is 2. The highest BCUT2D eigenvalue weighted by atomic mass is 35.5. The fourth-order valence-electron chi connectivity index (χ4n) is 4.30. The monoisotopic (exact) mass is 634 g/mol. The maximum Gasteiger partial charge on any atom is 0.252 e. The van der Waals surface area contributed by atoms with E-state index in [4.69, 9.17) is 38.4 Å². The zero-order valence-corrected chi connectivity index (χ0v) is 24.6. The van der Waals surface area contributed by atoms with Crippen LogP contribution in [0.15, 0.2) is 36.4 Å². The molecule has 0 unspecified atom stereocenters. The van der Waals surface area contributed by atoms with Gasteiger partial charge in [-0.15, -0.1) is 0 Å². The first kappa shape index (κ1) is 31.8. The first-order valence-electron chi connectivity index (χ1n) is 12.7. The highest BCUT2D eigenvalue weighted by molar-refractivity contribution is 6.32. The maximum absolute atomic E-state index is 14.9. The minimum absolute atomic E-state index is 0.000693. The fourth-order valence-corrected chi connectivity index (χ4v) is 4.62. The van der Waals surface area contributed by atoms with Crippen LogP contribution in [-0.4, -0.2) is 58.9 Å². The van der Waals surface area contributed by atoms with Crippen LogP contribution in [0.3, 0.4) is 0 Å². The molecule has 5 N–H and O–H groups in total. The minimum Gasteiger partial charge on any atom is -0.494 e. The van der Waals surface area contributed by atoms with Crippen LogP contribution >= 0.6 is 23.2 Å². The second-order valence-corrected chi connectivity index (χ2v) is 10.3. The van der Waals surface area contributed by atoms with Crippen LogP contribution < -0.4 is 20.5 Å². The molecule has 0 radical (unpaired) electrons. The van der Waals surface area contributed by atoms with Gasteiger partial charge in [0.05, 0.1) is 53.9 Å². The molecule has 0 saturated heterocycles. The van der Waals surface area contributed by atoms with Gasteiger partial charge < -0.3 is 30.7 Å². The summed E-state index contributed by atoms with van der Waals surface area (Å²) in [4.78, 5) is 34.3. The molecular formula is C29H26Cl2F2N4O6. The molecule has 0 aliphatic rings. The molecule has 2 aromatic carbocycles. The topological polar surface area (TPSA) is 157 Å². The number of ether oxygens (including phenoxy) is 2. The van der Waals surface area contributed by atoms with E-state index in [-0.39, 0.29) is 40.4 Å². The second-order valence-electron chi connectivity index (χ2n) is 9.45. The number of carbonyl (C=O) groups excluding carboxylic acids is 2. The second kappa shape index (κ2) is 12.6. The van der Waals surface area contributed by atoms with Gasteiger partial charge in [0.1, 0.15) is 34.2 Å². The van der Waals surface area contributed by atoms with Crippen LogP contribution in [-0.2, 0) is 5.60 Å². The lowest BCUT2D eigenvalue weighted by atomic mass is 9.95. The van der Waals surface area contributed by atoms with Crippen LogP contribution in [0.2, 0.25) is 10.0 Å². The number of pyridine rings is 2. The molecule has 0 aliphatic carbocycles. The Kier molecular flexibility index (Phi) is 9.35. The number of fused-ring (bicyclic) bond motifs is 1. The van der Waals surface area contributed by atoms with E-state index in [9.17, 15) is 28.6 Å². The van der Waals surface area contributed by atoms with E-state index in [1.165, 1.54) is 19.2 Å². The first-order valence-corrected chi connectivity index (χ1v) is 13.5. The molecule has 4 aromatic rings. The standard InChI is InChI=1S/C29H26Cl2F2N4O6/c1-4-43-26-17(27(34)39)9-23(37-25(26)16-8-19(31)21(33)10-20(16)32)29(41,12-38)11-35-28(40)15-5-14-6-18(30)13(2)36-24(14)22(7-15)42-3/h5-10,38,41H,4,11-12H2,1-3H3,(H2,34,39)(H,35,40)/t29-/m1/s1. The Bertz CT molecular complexity index is 1760. The van der Waals surface area contributed by atoms with Crippen LogP contribution in [0.5, 0.6) is 11.5 Å². The summed E-state index contributed by atoms with van der Waals surface area (Å²) in [6.07, 6.45) is 0. The number of methoxy groups -OCH3 is 1. The molecule has 1 atom stereocenters. The molecule has 10 nitrogen and oxygen atoms in total. The van der Waals surface area contributed by atoms with Crippen molar-refractivity contribution in [2.24, 2.45) is 5.73 Å². The Hall–Kier alpha value is -4.10. The summed E-state index contributed by atoms with van der Waals surface area (Å²) in [5, 5.41) is 24.6. The number of halogens is 4. The largest absolute Gasteiger partial charge is 0.494 e. The smallest absolute Gasteiger partial charge is 0.252 e. The van der Waals surface area contributed by atoms with E-state index in [1.807, 2.05) is 0 Å². The van der Waals surface area contributed by atoms with Crippen LogP contribution in [0.25, 0.3) is 22.2 Å². The van der Waals surface area contributed by atoms with Gasteiger partial charge in [-0.2, -0.15) is 0 Å². The zero-order chi connectivity index (χ0) is 31.6. The summed E-state index contributed by atoms with van der Waals surface area (Å²) < 4.78 is 39.8. The number of primary amides is 1. The molecule has 2 aromatic heterocycles. The molecule has 0 saturated carbocycles. The van der Waals surface area contributed by atoms with Gasteiger partial charge in [0.15, 0.2) is 5.75 Å². The molecule has 2 amide bonds. The number of nitrogens with one attached hydrogen (secondary N) is 1. The third-order valence-corrected chi connectivity index (χ3v) is 7.24. The number of benzene rings is 2. The van der Waals surface area contributed by atoms with E-state index in [0.29, 0.717) is 33.4 Å². The average molecular weight is 635 g/mol. The van der Waals surface area contributed by atoms with E-state index in [1.54, 1.807) is 19.9 Å². The zero-order valence-electron chi connectivity index (χ0n) is 23.1. The molecule has 226 valence electrons. The van der Waals surface area contributed by atoms with Crippen molar-refractivity contribution in [2.45, 2.75) is 19.4 Å². The van der Waals surface area contributed by atoms with Gasteiger partial charge in [-0.3, -0.25) is 9.59 Å². The number of nitrogens with two attached hydrogens (primary N) is 1. The van der Waals surface area contributed by atoms with Crippen molar-refractivity contribution < 1.29 is 38.1 Å². The van der Waals surface area contributed by atoms with Gasteiger partial charge in [0, 0.05) is 22.6 Å².